The summed E-state index contributed by atoms with van der Waals surface area (Å²) >= 11 is 0. The number of benzene rings is 2. The number of aromatic nitrogens is 1. The fraction of sp³-hybridized carbons (Fsp3) is 0.280. The van der Waals surface area contributed by atoms with Crippen molar-refractivity contribution in [2.45, 2.75) is 25.9 Å². The van der Waals surface area contributed by atoms with Gasteiger partial charge in [0.2, 0.25) is 0 Å². The number of anilines is 1. The van der Waals surface area contributed by atoms with Crippen molar-refractivity contribution in [3.63, 3.8) is 0 Å². The number of amides is 2. The monoisotopic (exact) mass is 461 g/mol. The standard InChI is InChI=1S/C25H27N5O4/c1-17-9-10-20(30(33)34)14-21(17)27-25(32)24(31)26-15-23(22-8-5-12-28(22)2)29-13-11-18-6-3-4-7-19(18)16-29/h3-10,12,14,23H,11,13,15-16H2,1-2H3,(H,26,31)(H,27,32). The molecular formula is C25H27N5O4. The maximum Gasteiger partial charge on any atom is 0.313 e. The summed E-state index contributed by atoms with van der Waals surface area (Å²) in [5.74, 6) is -1.65. The second kappa shape index (κ2) is 9.88. The third kappa shape index (κ3) is 4.99. The van der Waals surface area contributed by atoms with Crippen molar-refractivity contribution < 1.29 is 14.5 Å². The van der Waals surface area contributed by atoms with Gasteiger partial charge in [0.15, 0.2) is 0 Å². The van der Waals surface area contributed by atoms with E-state index in [0.29, 0.717) is 5.56 Å². The number of rotatable bonds is 6. The van der Waals surface area contributed by atoms with Gasteiger partial charge >= 0.3 is 11.8 Å². The fourth-order valence-electron chi connectivity index (χ4n) is 4.33. The van der Waals surface area contributed by atoms with Crippen molar-refractivity contribution in [1.29, 1.82) is 0 Å². The van der Waals surface area contributed by atoms with E-state index in [4.69, 9.17) is 0 Å². The van der Waals surface area contributed by atoms with E-state index in [1.54, 1.807) is 6.92 Å². The molecule has 0 spiro atoms. The zero-order valence-corrected chi connectivity index (χ0v) is 19.2. The average molecular weight is 462 g/mol. The molecule has 1 unspecified atom stereocenters. The maximum atomic E-state index is 12.6. The van der Waals surface area contributed by atoms with Crippen molar-refractivity contribution in [1.82, 2.24) is 14.8 Å². The van der Waals surface area contributed by atoms with E-state index in [1.165, 1.54) is 29.3 Å². The van der Waals surface area contributed by atoms with Crippen LogP contribution in [0, 0.1) is 17.0 Å². The molecule has 1 aromatic heterocycles. The number of hydrogen-bond donors (Lipinski definition) is 2. The van der Waals surface area contributed by atoms with E-state index in [2.05, 4.69) is 27.7 Å². The van der Waals surface area contributed by atoms with Crippen molar-refractivity contribution in [2.24, 2.45) is 7.05 Å². The Morgan fingerprint density at radius 1 is 1.09 bits per heavy atom. The minimum Gasteiger partial charge on any atom is -0.353 e. The van der Waals surface area contributed by atoms with Crippen LogP contribution in [0.1, 0.15) is 28.4 Å². The van der Waals surface area contributed by atoms with E-state index >= 15 is 0 Å². The number of nitrogens with one attached hydrogen (secondary N) is 2. The first-order chi connectivity index (χ1) is 16.3. The summed E-state index contributed by atoms with van der Waals surface area (Å²) in [5.41, 5.74) is 4.34. The van der Waals surface area contributed by atoms with Crippen LogP contribution < -0.4 is 10.6 Å². The molecule has 9 nitrogen and oxygen atoms in total. The molecule has 2 heterocycles. The van der Waals surface area contributed by atoms with Gasteiger partial charge in [0.25, 0.3) is 5.69 Å². The van der Waals surface area contributed by atoms with Crippen molar-refractivity contribution >= 4 is 23.2 Å². The largest absolute Gasteiger partial charge is 0.353 e. The Hall–Kier alpha value is -3.98. The molecule has 9 heteroatoms. The van der Waals surface area contributed by atoms with Gasteiger partial charge in [-0.05, 0) is 42.2 Å². The molecule has 1 aliphatic rings. The molecule has 1 aliphatic heterocycles. The summed E-state index contributed by atoms with van der Waals surface area (Å²) in [5, 5.41) is 16.3. The number of carbonyl (C=O) groups is 2. The molecule has 176 valence electrons. The first-order valence-electron chi connectivity index (χ1n) is 11.1. The lowest BCUT2D eigenvalue weighted by Crippen LogP contribution is -2.44. The van der Waals surface area contributed by atoms with E-state index in [9.17, 15) is 19.7 Å². The predicted octanol–water partition coefficient (Wildman–Crippen LogP) is 3.10. The summed E-state index contributed by atoms with van der Waals surface area (Å²) in [6.07, 6.45) is 2.87. The average Bonchev–Trinajstić information content (AvgIpc) is 3.25. The second-order valence-electron chi connectivity index (χ2n) is 8.47. The number of fused-ring (bicyclic) bond motifs is 1. The minimum atomic E-state index is -0.863. The third-order valence-electron chi connectivity index (χ3n) is 6.27. The van der Waals surface area contributed by atoms with Gasteiger partial charge in [-0.15, -0.1) is 0 Å². The number of nitrogens with zero attached hydrogens (tertiary/aromatic N) is 3. The predicted molar refractivity (Wildman–Crippen MR) is 128 cm³/mol. The van der Waals surface area contributed by atoms with Crippen LogP contribution in [0.25, 0.3) is 0 Å². The number of hydrogen-bond acceptors (Lipinski definition) is 5. The van der Waals surface area contributed by atoms with Crippen LogP contribution >= 0.6 is 0 Å². The minimum absolute atomic E-state index is 0.121. The van der Waals surface area contributed by atoms with Crippen LogP contribution in [0.5, 0.6) is 0 Å². The third-order valence-corrected chi connectivity index (χ3v) is 6.27. The van der Waals surface area contributed by atoms with Crippen LogP contribution in [0.15, 0.2) is 60.8 Å². The number of nitro groups is 1. The number of nitro benzene ring substituents is 1. The highest BCUT2D eigenvalue weighted by molar-refractivity contribution is 6.39. The molecule has 0 fully saturated rings. The van der Waals surface area contributed by atoms with Crippen molar-refractivity contribution in [3.8, 4) is 0 Å². The molecular weight excluding hydrogens is 434 g/mol. The lowest BCUT2D eigenvalue weighted by Gasteiger charge is -2.36. The molecule has 0 radical (unpaired) electrons. The van der Waals surface area contributed by atoms with Gasteiger partial charge in [0, 0.05) is 50.7 Å². The summed E-state index contributed by atoms with van der Waals surface area (Å²) in [7, 11) is 1.96. The normalized spacial score (nSPS) is 14.2. The molecule has 0 saturated heterocycles. The van der Waals surface area contributed by atoms with Crippen LogP contribution in [0.3, 0.4) is 0 Å². The topological polar surface area (TPSA) is 110 Å². The van der Waals surface area contributed by atoms with Crippen LogP contribution in [0.4, 0.5) is 11.4 Å². The van der Waals surface area contributed by atoms with Gasteiger partial charge < -0.3 is 15.2 Å². The molecule has 0 saturated carbocycles. The van der Waals surface area contributed by atoms with Crippen molar-refractivity contribution in [2.75, 3.05) is 18.4 Å². The van der Waals surface area contributed by atoms with Crippen molar-refractivity contribution in [3.05, 3.63) is 93.3 Å². The zero-order valence-electron chi connectivity index (χ0n) is 19.2. The Kier molecular flexibility index (Phi) is 6.74. The number of carbonyl (C=O) groups excluding carboxylic acids is 2. The Balaban J connectivity index is 1.46. The molecule has 0 bridgehead atoms. The molecule has 34 heavy (non-hydrogen) atoms. The Bertz CT molecular complexity index is 1240. The Labute approximate surface area is 197 Å². The number of non-ortho nitro benzene ring substituents is 1. The van der Waals surface area contributed by atoms with Crippen LogP contribution in [-0.4, -0.2) is 39.3 Å². The molecule has 0 aliphatic carbocycles. The fourth-order valence-corrected chi connectivity index (χ4v) is 4.33. The van der Waals surface area contributed by atoms with Gasteiger partial charge in [-0.1, -0.05) is 30.3 Å². The lowest BCUT2D eigenvalue weighted by molar-refractivity contribution is -0.384. The second-order valence-corrected chi connectivity index (χ2v) is 8.47. The summed E-state index contributed by atoms with van der Waals surface area (Å²) < 4.78 is 2.02. The van der Waals surface area contributed by atoms with E-state index < -0.39 is 16.7 Å². The Morgan fingerprint density at radius 2 is 1.85 bits per heavy atom. The zero-order chi connectivity index (χ0) is 24.2. The van der Waals surface area contributed by atoms with E-state index in [-0.39, 0.29) is 24.0 Å². The quantitative estimate of drug-likeness (QED) is 0.333. The molecule has 2 amide bonds. The number of aryl methyl sites for hydroxylation is 2. The Morgan fingerprint density at radius 3 is 2.56 bits per heavy atom. The summed E-state index contributed by atoms with van der Waals surface area (Å²) in [6, 6.07) is 16.3. The van der Waals surface area contributed by atoms with Gasteiger partial charge in [-0.3, -0.25) is 24.6 Å². The van der Waals surface area contributed by atoms with Crippen LogP contribution in [-0.2, 0) is 29.6 Å². The molecule has 4 rings (SSSR count). The first kappa shape index (κ1) is 23.2. The van der Waals surface area contributed by atoms with E-state index in [0.717, 1.165) is 25.2 Å². The highest BCUT2D eigenvalue weighted by Crippen LogP contribution is 2.28. The van der Waals surface area contributed by atoms with E-state index in [1.807, 2.05) is 42.1 Å². The highest BCUT2D eigenvalue weighted by atomic mass is 16.6. The summed E-state index contributed by atoms with van der Waals surface area (Å²) in [4.78, 5) is 38.0. The molecule has 1 atom stereocenters. The maximum absolute atomic E-state index is 12.6. The van der Waals surface area contributed by atoms with Gasteiger partial charge in [-0.25, -0.2) is 0 Å². The molecule has 3 aromatic rings. The lowest BCUT2D eigenvalue weighted by atomic mass is 9.98. The van der Waals surface area contributed by atoms with Crippen LogP contribution in [0.2, 0.25) is 0 Å². The van der Waals surface area contributed by atoms with Gasteiger partial charge in [0.1, 0.15) is 0 Å². The SMILES string of the molecule is Cc1ccc([N+](=O)[O-])cc1NC(=O)C(=O)NCC(c1cccn1C)N1CCc2ccccc2C1. The summed E-state index contributed by atoms with van der Waals surface area (Å²) in [6.45, 7) is 3.54. The smallest absolute Gasteiger partial charge is 0.313 e. The first-order valence-corrected chi connectivity index (χ1v) is 11.1. The van der Waals surface area contributed by atoms with Gasteiger partial charge in [-0.2, -0.15) is 0 Å². The molecule has 2 aromatic carbocycles. The molecule has 2 N–H and O–H groups in total. The van der Waals surface area contributed by atoms with Gasteiger partial charge in [0.05, 0.1) is 16.7 Å². The highest BCUT2D eigenvalue weighted by Gasteiger charge is 2.27.